The van der Waals surface area contributed by atoms with Crippen LogP contribution in [-0.4, -0.2) is 10.2 Å². The number of benzene rings is 2. The lowest BCUT2D eigenvalue weighted by Crippen LogP contribution is -2.27. The Bertz CT molecular complexity index is 854. The van der Waals surface area contributed by atoms with Crippen LogP contribution < -0.4 is 4.90 Å². The summed E-state index contributed by atoms with van der Waals surface area (Å²) in [5, 5.41) is 0.806. The Morgan fingerprint density at radius 3 is 2.65 bits per heavy atom. The van der Waals surface area contributed by atoms with Crippen molar-refractivity contribution in [2.45, 2.75) is 0 Å². The highest BCUT2D eigenvalue weighted by Gasteiger charge is 2.34. The summed E-state index contributed by atoms with van der Waals surface area (Å²) in [6.45, 7) is 0. The summed E-state index contributed by atoms with van der Waals surface area (Å²) < 4.78 is 13.6. The Labute approximate surface area is 151 Å². The Hall–Kier alpha value is -1.40. The molecule has 1 saturated heterocycles. The lowest BCUT2D eigenvalue weighted by Gasteiger charge is -2.16. The molecule has 7 heteroatoms. The maximum atomic E-state index is 13.3. The minimum atomic E-state index is -0.366. The molecular weight excluding hydrogens is 376 g/mol. The van der Waals surface area contributed by atoms with Crippen LogP contribution >= 0.6 is 47.2 Å². The zero-order chi connectivity index (χ0) is 16.6. The minimum absolute atomic E-state index is 0.298. The highest BCUT2D eigenvalue weighted by Crippen LogP contribution is 2.39. The van der Waals surface area contributed by atoms with E-state index < -0.39 is 0 Å². The van der Waals surface area contributed by atoms with Crippen LogP contribution in [0.15, 0.2) is 47.4 Å². The maximum Gasteiger partial charge on any atom is 0.270 e. The predicted molar refractivity (Wildman–Crippen MR) is 98.5 cm³/mol. The van der Waals surface area contributed by atoms with Crippen molar-refractivity contribution in [3.05, 3.63) is 68.8 Å². The second-order valence-electron chi connectivity index (χ2n) is 4.67. The molecule has 2 aromatic carbocycles. The topological polar surface area (TPSA) is 20.3 Å². The van der Waals surface area contributed by atoms with Crippen molar-refractivity contribution in [3.8, 4) is 0 Å². The quantitative estimate of drug-likeness (QED) is 0.501. The molecule has 1 aliphatic rings. The lowest BCUT2D eigenvalue weighted by molar-refractivity contribution is -0.113. The van der Waals surface area contributed by atoms with Crippen LogP contribution in [0.2, 0.25) is 10.0 Å². The van der Waals surface area contributed by atoms with Gasteiger partial charge in [-0.15, -0.1) is 0 Å². The van der Waals surface area contributed by atoms with Gasteiger partial charge in [0.2, 0.25) is 0 Å². The first-order chi connectivity index (χ1) is 11.0. The van der Waals surface area contributed by atoms with Gasteiger partial charge in [-0.05, 0) is 42.0 Å². The Kier molecular flexibility index (Phi) is 4.73. The molecule has 0 radical (unpaired) electrons. The fraction of sp³-hybridized carbons (Fsp3) is 0. The SMILES string of the molecule is O=C1/C(=C/c2cccc(F)c2)SC(=S)N1c1ccc(Cl)cc1Cl. The standard InChI is InChI=1S/C16H8Cl2FNOS2/c17-10-4-5-13(12(18)8-10)20-15(21)14(23-16(20)22)7-9-2-1-3-11(19)6-9/h1-8H/b14-7-. The molecule has 0 bridgehead atoms. The van der Waals surface area contributed by atoms with E-state index in [9.17, 15) is 9.18 Å². The molecule has 0 atom stereocenters. The number of hydrogen-bond acceptors (Lipinski definition) is 3. The van der Waals surface area contributed by atoms with Crippen molar-refractivity contribution in [1.82, 2.24) is 0 Å². The number of halogens is 3. The Morgan fingerprint density at radius 1 is 1.17 bits per heavy atom. The third kappa shape index (κ3) is 3.43. The van der Waals surface area contributed by atoms with E-state index in [1.165, 1.54) is 17.0 Å². The number of rotatable bonds is 2. The fourth-order valence-corrected chi connectivity index (χ4v) is 3.86. The van der Waals surface area contributed by atoms with Crippen LogP contribution in [0.5, 0.6) is 0 Å². The first-order valence-electron chi connectivity index (χ1n) is 6.44. The fourth-order valence-electron chi connectivity index (χ4n) is 2.09. The van der Waals surface area contributed by atoms with Crippen molar-refractivity contribution >= 4 is 69.2 Å². The van der Waals surface area contributed by atoms with Crippen molar-refractivity contribution in [2.24, 2.45) is 0 Å². The van der Waals surface area contributed by atoms with Crippen LogP contribution in [0.25, 0.3) is 6.08 Å². The molecule has 0 aromatic heterocycles. The predicted octanol–water partition coefficient (Wildman–Crippen LogP) is 5.54. The number of amides is 1. The highest BCUT2D eigenvalue weighted by molar-refractivity contribution is 8.27. The van der Waals surface area contributed by atoms with E-state index in [0.717, 1.165) is 11.8 Å². The van der Waals surface area contributed by atoms with E-state index in [4.69, 9.17) is 35.4 Å². The number of thioether (sulfide) groups is 1. The van der Waals surface area contributed by atoms with Crippen molar-refractivity contribution in [1.29, 1.82) is 0 Å². The summed E-state index contributed by atoms with van der Waals surface area (Å²) in [7, 11) is 0. The van der Waals surface area contributed by atoms with Gasteiger partial charge in [-0.2, -0.15) is 0 Å². The molecule has 0 unspecified atom stereocenters. The minimum Gasteiger partial charge on any atom is -0.268 e. The lowest BCUT2D eigenvalue weighted by atomic mass is 10.2. The molecule has 23 heavy (non-hydrogen) atoms. The maximum absolute atomic E-state index is 13.3. The number of anilines is 1. The Morgan fingerprint density at radius 2 is 1.96 bits per heavy atom. The number of hydrogen-bond donors (Lipinski definition) is 0. The third-order valence-corrected chi connectivity index (χ3v) is 4.93. The van der Waals surface area contributed by atoms with E-state index in [0.29, 0.717) is 30.5 Å². The number of thiocarbonyl (C=S) groups is 1. The third-order valence-electron chi connectivity index (χ3n) is 3.09. The molecule has 2 nitrogen and oxygen atoms in total. The molecule has 0 N–H and O–H groups in total. The van der Waals surface area contributed by atoms with Gasteiger partial charge in [-0.3, -0.25) is 9.69 Å². The molecule has 116 valence electrons. The van der Waals surface area contributed by atoms with E-state index in [1.54, 1.807) is 36.4 Å². The molecule has 1 amide bonds. The first kappa shape index (κ1) is 16.5. The summed E-state index contributed by atoms with van der Waals surface area (Å²) in [6.07, 6.45) is 1.60. The molecule has 1 heterocycles. The second-order valence-corrected chi connectivity index (χ2v) is 7.19. The van der Waals surface area contributed by atoms with Gasteiger partial charge < -0.3 is 0 Å². The molecule has 1 fully saturated rings. The van der Waals surface area contributed by atoms with E-state index in [1.807, 2.05) is 0 Å². The summed E-state index contributed by atoms with van der Waals surface area (Å²) in [5.41, 5.74) is 1.06. The molecule has 3 rings (SSSR count). The zero-order valence-corrected chi connectivity index (χ0v) is 14.6. The summed E-state index contributed by atoms with van der Waals surface area (Å²) in [5.74, 6) is -0.663. The number of carbonyl (C=O) groups is 1. The monoisotopic (exact) mass is 383 g/mol. The van der Waals surface area contributed by atoms with Crippen LogP contribution in [-0.2, 0) is 4.79 Å². The van der Waals surface area contributed by atoms with E-state index in [2.05, 4.69) is 0 Å². The van der Waals surface area contributed by atoms with Gasteiger partial charge in [0.05, 0.1) is 15.6 Å². The van der Waals surface area contributed by atoms with Gasteiger partial charge in [0.25, 0.3) is 5.91 Å². The van der Waals surface area contributed by atoms with Gasteiger partial charge in [0.1, 0.15) is 5.82 Å². The van der Waals surface area contributed by atoms with Crippen LogP contribution in [0.1, 0.15) is 5.56 Å². The van der Waals surface area contributed by atoms with Gasteiger partial charge >= 0.3 is 0 Å². The molecular formula is C16H8Cl2FNOS2. The van der Waals surface area contributed by atoms with Crippen LogP contribution in [0, 0.1) is 5.82 Å². The molecule has 0 aliphatic carbocycles. The van der Waals surface area contributed by atoms with Crippen LogP contribution in [0.3, 0.4) is 0 Å². The molecule has 0 spiro atoms. The van der Waals surface area contributed by atoms with Gasteiger partial charge in [-0.25, -0.2) is 4.39 Å². The zero-order valence-electron chi connectivity index (χ0n) is 11.4. The second kappa shape index (κ2) is 6.61. The van der Waals surface area contributed by atoms with Gasteiger partial charge in [0.15, 0.2) is 4.32 Å². The average molecular weight is 384 g/mol. The summed E-state index contributed by atoms with van der Waals surface area (Å²) in [4.78, 5) is 14.4. The largest absolute Gasteiger partial charge is 0.270 e. The normalized spacial score (nSPS) is 16.5. The van der Waals surface area contributed by atoms with Gasteiger partial charge in [-0.1, -0.05) is 59.3 Å². The van der Waals surface area contributed by atoms with Gasteiger partial charge in [0, 0.05) is 5.02 Å². The van der Waals surface area contributed by atoms with E-state index in [-0.39, 0.29) is 11.7 Å². The van der Waals surface area contributed by atoms with E-state index >= 15 is 0 Å². The first-order valence-corrected chi connectivity index (χ1v) is 8.42. The summed E-state index contributed by atoms with van der Waals surface area (Å²) in [6, 6.07) is 10.8. The Balaban J connectivity index is 1.97. The number of nitrogens with zero attached hydrogens (tertiary/aromatic N) is 1. The van der Waals surface area contributed by atoms with Crippen molar-refractivity contribution < 1.29 is 9.18 Å². The molecule has 2 aromatic rings. The van der Waals surface area contributed by atoms with Crippen LogP contribution in [0.4, 0.5) is 10.1 Å². The summed E-state index contributed by atoms with van der Waals surface area (Å²) >= 11 is 18.4. The molecule has 0 saturated carbocycles. The average Bonchev–Trinajstić information content (AvgIpc) is 2.74. The van der Waals surface area contributed by atoms with Crippen molar-refractivity contribution in [2.75, 3.05) is 4.90 Å². The molecule has 1 aliphatic heterocycles. The highest BCUT2D eigenvalue weighted by atomic mass is 35.5. The number of carbonyl (C=O) groups excluding carboxylic acids is 1. The smallest absolute Gasteiger partial charge is 0.268 e. The van der Waals surface area contributed by atoms with Crippen molar-refractivity contribution in [3.63, 3.8) is 0 Å².